The molecule has 0 radical (unpaired) electrons. The second kappa shape index (κ2) is 6.55. The van der Waals surface area contributed by atoms with Gasteiger partial charge in [0.1, 0.15) is 0 Å². The maximum absolute atomic E-state index is 3.66. The molecule has 0 bridgehead atoms. The van der Waals surface area contributed by atoms with Crippen LogP contribution in [0.2, 0.25) is 0 Å². The zero-order valence-corrected chi connectivity index (χ0v) is 12.2. The van der Waals surface area contributed by atoms with E-state index in [9.17, 15) is 0 Å². The molecule has 1 fully saturated rings. The van der Waals surface area contributed by atoms with Crippen molar-refractivity contribution in [3.8, 4) is 0 Å². The second-order valence-corrected chi connectivity index (χ2v) is 6.01. The summed E-state index contributed by atoms with van der Waals surface area (Å²) < 4.78 is 1.26. The van der Waals surface area contributed by atoms with Crippen LogP contribution in [-0.2, 0) is 6.42 Å². The molecule has 17 heavy (non-hydrogen) atoms. The molecule has 1 atom stereocenters. The first-order valence-electron chi connectivity index (χ1n) is 6.69. The molecule has 1 nitrogen and oxygen atoms in total. The number of hydrogen-bond acceptors (Lipinski definition) is 1. The number of rotatable bonds is 5. The fraction of sp³-hybridized carbons (Fsp3) is 0.600. The molecular weight excluding hydrogens is 274 g/mol. The Labute approximate surface area is 113 Å². The van der Waals surface area contributed by atoms with Crippen molar-refractivity contribution in [3.05, 3.63) is 34.3 Å². The molecule has 1 aliphatic carbocycles. The standard InChI is InChI=1S/C15H22BrN/c1-17-11-14(12-6-2-3-7-12)10-13-8-4-5-9-15(13)16/h4-5,8-9,12,14,17H,2-3,6-7,10-11H2,1H3. The molecule has 0 heterocycles. The average Bonchev–Trinajstić information content (AvgIpc) is 2.85. The molecule has 1 aromatic carbocycles. The molecule has 2 rings (SSSR count). The SMILES string of the molecule is CNCC(Cc1ccccc1Br)C1CCCC1. The summed E-state index contributed by atoms with van der Waals surface area (Å²) in [4.78, 5) is 0. The van der Waals surface area contributed by atoms with Crippen molar-refractivity contribution in [1.29, 1.82) is 0 Å². The zero-order valence-electron chi connectivity index (χ0n) is 10.6. The van der Waals surface area contributed by atoms with E-state index in [1.807, 2.05) is 0 Å². The van der Waals surface area contributed by atoms with Crippen LogP contribution in [0.25, 0.3) is 0 Å². The normalized spacial score (nSPS) is 18.5. The van der Waals surface area contributed by atoms with Crippen LogP contribution in [-0.4, -0.2) is 13.6 Å². The molecule has 0 amide bonds. The van der Waals surface area contributed by atoms with Crippen LogP contribution in [0.3, 0.4) is 0 Å². The van der Waals surface area contributed by atoms with Crippen molar-refractivity contribution >= 4 is 15.9 Å². The topological polar surface area (TPSA) is 12.0 Å². The highest BCUT2D eigenvalue weighted by Crippen LogP contribution is 2.34. The first-order valence-corrected chi connectivity index (χ1v) is 7.48. The van der Waals surface area contributed by atoms with Gasteiger partial charge in [0, 0.05) is 4.47 Å². The van der Waals surface area contributed by atoms with Crippen molar-refractivity contribution < 1.29 is 0 Å². The highest BCUT2D eigenvalue weighted by atomic mass is 79.9. The van der Waals surface area contributed by atoms with Gasteiger partial charge in [-0.3, -0.25) is 0 Å². The molecule has 1 saturated carbocycles. The average molecular weight is 296 g/mol. The van der Waals surface area contributed by atoms with Gasteiger partial charge in [-0.05, 0) is 43.5 Å². The van der Waals surface area contributed by atoms with Gasteiger partial charge in [-0.25, -0.2) is 0 Å². The van der Waals surface area contributed by atoms with Gasteiger partial charge in [0.2, 0.25) is 0 Å². The highest BCUT2D eigenvalue weighted by molar-refractivity contribution is 9.10. The van der Waals surface area contributed by atoms with Gasteiger partial charge in [-0.1, -0.05) is 59.8 Å². The third kappa shape index (κ3) is 3.56. The van der Waals surface area contributed by atoms with Gasteiger partial charge in [-0.2, -0.15) is 0 Å². The summed E-state index contributed by atoms with van der Waals surface area (Å²) in [5, 5.41) is 3.37. The number of benzene rings is 1. The first-order chi connectivity index (χ1) is 8.31. The van der Waals surface area contributed by atoms with Gasteiger partial charge < -0.3 is 5.32 Å². The zero-order chi connectivity index (χ0) is 12.1. The van der Waals surface area contributed by atoms with E-state index in [1.54, 1.807) is 0 Å². The smallest absolute Gasteiger partial charge is 0.0207 e. The van der Waals surface area contributed by atoms with E-state index in [0.29, 0.717) is 0 Å². The molecule has 0 aliphatic heterocycles. The van der Waals surface area contributed by atoms with Crippen molar-refractivity contribution in [3.63, 3.8) is 0 Å². The predicted octanol–water partition coefficient (Wildman–Crippen LogP) is 4.02. The number of halogens is 1. The lowest BCUT2D eigenvalue weighted by molar-refractivity contribution is 0.328. The van der Waals surface area contributed by atoms with Crippen molar-refractivity contribution in [1.82, 2.24) is 5.32 Å². The Balaban J connectivity index is 2.04. The Bertz CT molecular complexity index is 345. The molecule has 94 valence electrons. The van der Waals surface area contributed by atoms with Crippen molar-refractivity contribution in [2.24, 2.45) is 11.8 Å². The maximum Gasteiger partial charge on any atom is 0.0207 e. The summed E-state index contributed by atoms with van der Waals surface area (Å²) in [6.45, 7) is 1.14. The van der Waals surface area contributed by atoms with Gasteiger partial charge in [0.05, 0.1) is 0 Å². The summed E-state index contributed by atoms with van der Waals surface area (Å²) in [5.41, 5.74) is 1.46. The largest absolute Gasteiger partial charge is 0.319 e. The summed E-state index contributed by atoms with van der Waals surface area (Å²) in [6, 6.07) is 8.64. The lowest BCUT2D eigenvalue weighted by Gasteiger charge is -2.23. The van der Waals surface area contributed by atoms with E-state index < -0.39 is 0 Å². The summed E-state index contributed by atoms with van der Waals surface area (Å²) in [5.74, 6) is 1.72. The van der Waals surface area contributed by atoms with Crippen LogP contribution < -0.4 is 5.32 Å². The van der Waals surface area contributed by atoms with Crippen LogP contribution in [0.15, 0.2) is 28.7 Å². The Hall–Kier alpha value is -0.340. The van der Waals surface area contributed by atoms with Crippen LogP contribution in [0.5, 0.6) is 0 Å². The fourth-order valence-corrected chi connectivity index (χ4v) is 3.49. The third-order valence-electron chi connectivity index (χ3n) is 3.97. The lowest BCUT2D eigenvalue weighted by atomic mass is 9.85. The Kier molecular flexibility index (Phi) is 5.05. The summed E-state index contributed by atoms with van der Waals surface area (Å²) >= 11 is 3.66. The van der Waals surface area contributed by atoms with Gasteiger partial charge >= 0.3 is 0 Å². The number of hydrogen-bond donors (Lipinski definition) is 1. The Morgan fingerprint density at radius 1 is 1.29 bits per heavy atom. The quantitative estimate of drug-likeness (QED) is 0.865. The highest BCUT2D eigenvalue weighted by Gasteiger charge is 2.24. The molecule has 1 unspecified atom stereocenters. The summed E-state index contributed by atoms with van der Waals surface area (Å²) in [7, 11) is 2.07. The molecule has 0 spiro atoms. The molecule has 1 N–H and O–H groups in total. The van der Waals surface area contributed by atoms with E-state index >= 15 is 0 Å². The van der Waals surface area contributed by atoms with E-state index in [0.717, 1.165) is 18.4 Å². The maximum atomic E-state index is 3.66. The van der Waals surface area contributed by atoms with E-state index in [4.69, 9.17) is 0 Å². The predicted molar refractivity (Wildman–Crippen MR) is 77.2 cm³/mol. The lowest BCUT2D eigenvalue weighted by Crippen LogP contribution is -2.26. The molecule has 1 aliphatic rings. The molecular formula is C15H22BrN. The van der Waals surface area contributed by atoms with Crippen molar-refractivity contribution in [2.45, 2.75) is 32.1 Å². The van der Waals surface area contributed by atoms with Crippen molar-refractivity contribution in [2.75, 3.05) is 13.6 Å². The first kappa shape index (κ1) is 13.1. The summed E-state index contributed by atoms with van der Waals surface area (Å²) in [6.07, 6.45) is 6.92. The third-order valence-corrected chi connectivity index (χ3v) is 4.75. The Morgan fingerprint density at radius 2 is 2.00 bits per heavy atom. The van der Waals surface area contributed by atoms with Gasteiger partial charge in [0.25, 0.3) is 0 Å². The number of nitrogens with one attached hydrogen (secondary N) is 1. The van der Waals surface area contributed by atoms with E-state index in [2.05, 4.69) is 52.6 Å². The van der Waals surface area contributed by atoms with Crippen LogP contribution in [0.4, 0.5) is 0 Å². The van der Waals surface area contributed by atoms with Gasteiger partial charge in [0.15, 0.2) is 0 Å². The minimum atomic E-state index is 0.793. The molecule has 0 aromatic heterocycles. The van der Waals surface area contributed by atoms with Gasteiger partial charge in [-0.15, -0.1) is 0 Å². The second-order valence-electron chi connectivity index (χ2n) is 5.16. The van der Waals surface area contributed by atoms with Crippen LogP contribution >= 0.6 is 15.9 Å². The fourth-order valence-electron chi connectivity index (χ4n) is 3.04. The monoisotopic (exact) mass is 295 g/mol. The van der Waals surface area contributed by atoms with Crippen LogP contribution in [0, 0.1) is 11.8 Å². The molecule has 0 saturated heterocycles. The molecule has 2 heteroatoms. The molecule has 1 aromatic rings. The van der Waals surface area contributed by atoms with Crippen LogP contribution in [0.1, 0.15) is 31.2 Å². The minimum absolute atomic E-state index is 0.793. The Morgan fingerprint density at radius 3 is 2.65 bits per heavy atom. The van der Waals surface area contributed by atoms with E-state index in [1.165, 1.54) is 42.1 Å². The van der Waals surface area contributed by atoms with E-state index in [-0.39, 0.29) is 0 Å². The minimum Gasteiger partial charge on any atom is -0.319 e.